The first kappa shape index (κ1) is 25.0. The SMILES string of the molecule is Cc1cc2c(cc1S(=O)(=O)N1CCC[C@@H](C(=O)NCc3ccc(N(C)C)cc3)C1)O[C@@H](C)C(=O)N2. The number of hydrogen-bond acceptors (Lipinski definition) is 6. The molecule has 2 heterocycles. The molecule has 10 heteroatoms. The lowest BCUT2D eigenvalue weighted by Crippen LogP contribution is -2.45. The van der Waals surface area contributed by atoms with Crippen LogP contribution in [0.1, 0.15) is 30.9 Å². The fraction of sp³-hybridized carbons (Fsp3) is 0.440. The van der Waals surface area contributed by atoms with Crippen molar-refractivity contribution < 1.29 is 22.7 Å². The third kappa shape index (κ3) is 5.28. The van der Waals surface area contributed by atoms with E-state index >= 15 is 0 Å². The van der Waals surface area contributed by atoms with E-state index < -0.39 is 22.0 Å². The van der Waals surface area contributed by atoms with Gasteiger partial charge in [-0.05, 0) is 56.0 Å². The second kappa shape index (κ2) is 9.87. The van der Waals surface area contributed by atoms with Crippen LogP contribution in [-0.4, -0.2) is 57.8 Å². The van der Waals surface area contributed by atoms with Crippen molar-refractivity contribution in [3.63, 3.8) is 0 Å². The van der Waals surface area contributed by atoms with Crippen LogP contribution in [0.15, 0.2) is 41.3 Å². The average molecular weight is 501 g/mol. The van der Waals surface area contributed by atoms with Crippen molar-refractivity contribution in [2.24, 2.45) is 5.92 Å². The van der Waals surface area contributed by atoms with Gasteiger partial charge in [-0.25, -0.2) is 8.42 Å². The third-order valence-corrected chi connectivity index (χ3v) is 8.51. The normalized spacial score (nSPS) is 20.4. The van der Waals surface area contributed by atoms with E-state index in [1.165, 1.54) is 10.4 Å². The van der Waals surface area contributed by atoms with E-state index in [1.54, 1.807) is 19.9 Å². The highest BCUT2D eigenvalue weighted by Crippen LogP contribution is 2.36. The number of sulfonamides is 1. The number of rotatable bonds is 6. The summed E-state index contributed by atoms with van der Waals surface area (Å²) < 4.78 is 34.0. The van der Waals surface area contributed by atoms with E-state index in [-0.39, 0.29) is 23.3 Å². The average Bonchev–Trinajstić information content (AvgIpc) is 2.83. The maximum Gasteiger partial charge on any atom is 0.265 e. The number of carbonyl (C=O) groups excluding carboxylic acids is 2. The molecule has 0 unspecified atom stereocenters. The lowest BCUT2D eigenvalue weighted by atomic mass is 9.98. The fourth-order valence-corrected chi connectivity index (χ4v) is 6.13. The summed E-state index contributed by atoms with van der Waals surface area (Å²) in [5.74, 6) is -0.518. The zero-order valence-electron chi connectivity index (χ0n) is 20.5. The van der Waals surface area contributed by atoms with Gasteiger partial charge < -0.3 is 20.3 Å². The minimum atomic E-state index is -3.85. The molecule has 2 amide bonds. The van der Waals surface area contributed by atoms with E-state index in [0.29, 0.717) is 42.9 Å². The second-order valence-corrected chi connectivity index (χ2v) is 11.3. The highest BCUT2D eigenvalue weighted by molar-refractivity contribution is 7.89. The summed E-state index contributed by atoms with van der Waals surface area (Å²) >= 11 is 0. The molecule has 0 bridgehead atoms. The standard InChI is InChI=1S/C25H32N4O5S/c1-16-12-21-22(34-17(2)24(30)27-21)13-23(16)35(32,33)29-11-5-6-19(15-29)25(31)26-14-18-7-9-20(10-8-18)28(3)4/h7-10,12-13,17,19H,5-6,11,14-15H2,1-4H3,(H,26,31)(H,27,30)/t17-,19+/m0/s1. The van der Waals surface area contributed by atoms with Crippen LogP contribution in [0.3, 0.4) is 0 Å². The van der Waals surface area contributed by atoms with Gasteiger partial charge in [-0.1, -0.05) is 12.1 Å². The lowest BCUT2D eigenvalue weighted by molar-refractivity contribution is -0.126. The first-order valence-corrected chi connectivity index (χ1v) is 13.2. The highest BCUT2D eigenvalue weighted by atomic mass is 32.2. The van der Waals surface area contributed by atoms with Gasteiger partial charge in [-0.3, -0.25) is 9.59 Å². The molecule has 35 heavy (non-hydrogen) atoms. The molecule has 1 saturated heterocycles. The number of benzene rings is 2. The minimum absolute atomic E-state index is 0.123. The molecule has 2 aliphatic rings. The summed E-state index contributed by atoms with van der Waals surface area (Å²) in [7, 11) is 0.0902. The van der Waals surface area contributed by atoms with Gasteiger partial charge in [0.05, 0.1) is 16.5 Å². The summed E-state index contributed by atoms with van der Waals surface area (Å²) in [6.07, 6.45) is 0.526. The van der Waals surface area contributed by atoms with E-state index in [0.717, 1.165) is 11.3 Å². The van der Waals surface area contributed by atoms with Gasteiger partial charge in [0.1, 0.15) is 5.75 Å². The van der Waals surface area contributed by atoms with Crippen molar-refractivity contribution in [2.45, 2.75) is 44.2 Å². The van der Waals surface area contributed by atoms with Crippen molar-refractivity contribution >= 4 is 33.2 Å². The molecule has 188 valence electrons. The van der Waals surface area contributed by atoms with Crippen molar-refractivity contribution in [1.82, 2.24) is 9.62 Å². The summed E-state index contributed by atoms with van der Waals surface area (Å²) in [6.45, 7) is 4.16. The van der Waals surface area contributed by atoms with Crippen LogP contribution < -0.4 is 20.3 Å². The Morgan fingerprint density at radius 2 is 1.94 bits per heavy atom. The Labute approximate surface area is 206 Å². The number of carbonyl (C=O) groups is 2. The van der Waals surface area contributed by atoms with E-state index in [2.05, 4.69) is 10.6 Å². The maximum atomic E-state index is 13.5. The molecule has 0 radical (unpaired) electrons. The van der Waals surface area contributed by atoms with Crippen molar-refractivity contribution in [1.29, 1.82) is 0 Å². The Balaban J connectivity index is 1.45. The second-order valence-electron chi connectivity index (χ2n) is 9.34. The van der Waals surface area contributed by atoms with Gasteiger partial charge in [0.25, 0.3) is 5.91 Å². The summed E-state index contributed by atoms with van der Waals surface area (Å²) in [5, 5.41) is 5.70. The van der Waals surface area contributed by atoms with Crippen molar-refractivity contribution in [3.05, 3.63) is 47.5 Å². The third-order valence-electron chi connectivity index (χ3n) is 6.50. The van der Waals surface area contributed by atoms with Gasteiger partial charge in [0, 0.05) is 45.5 Å². The Kier molecular flexibility index (Phi) is 7.05. The number of aryl methyl sites for hydroxylation is 1. The van der Waals surface area contributed by atoms with E-state index in [9.17, 15) is 18.0 Å². The number of nitrogens with zero attached hydrogens (tertiary/aromatic N) is 2. The first-order valence-electron chi connectivity index (χ1n) is 11.7. The van der Waals surface area contributed by atoms with Crippen LogP contribution in [0.25, 0.3) is 0 Å². The molecular formula is C25H32N4O5S. The Hall–Kier alpha value is -3.11. The zero-order valence-corrected chi connectivity index (χ0v) is 21.3. The van der Waals surface area contributed by atoms with Crippen LogP contribution in [0, 0.1) is 12.8 Å². The van der Waals surface area contributed by atoms with Crippen LogP contribution in [-0.2, 0) is 26.2 Å². The molecular weight excluding hydrogens is 468 g/mol. The molecule has 0 aliphatic carbocycles. The van der Waals surface area contributed by atoms with Gasteiger partial charge >= 0.3 is 0 Å². The summed E-state index contributed by atoms with van der Waals surface area (Å²) in [6, 6.07) is 11.0. The molecule has 4 rings (SSSR count). The van der Waals surface area contributed by atoms with Crippen molar-refractivity contribution in [2.75, 3.05) is 37.4 Å². The summed E-state index contributed by atoms with van der Waals surface area (Å²) in [5.41, 5.74) is 3.03. The van der Waals surface area contributed by atoms with Crippen molar-refractivity contribution in [3.8, 4) is 5.75 Å². The molecule has 0 aromatic heterocycles. The molecule has 2 aromatic carbocycles. The Morgan fingerprint density at radius 3 is 2.63 bits per heavy atom. The number of ether oxygens (including phenoxy) is 1. The topological polar surface area (TPSA) is 108 Å². The summed E-state index contributed by atoms with van der Waals surface area (Å²) in [4.78, 5) is 26.9. The molecule has 2 aliphatic heterocycles. The van der Waals surface area contributed by atoms with Gasteiger partial charge in [-0.15, -0.1) is 0 Å². The van der Waals surface area contributed by atoms with E-state index in [4.69, 9.17) is 4.74 Å². The fourth-order valence-electron chi connectivity index (χ4n) is 4.38. The Morgan fingerprint density at radius 1 is 1.23 bits per heavy atom. The lowest BCUT2D eigenvalue weighted by Gasteiger charge is -2.32. The van der Waals surface area contributed by atoms with Crippen LogP contribution in [0.5, 0.6) is 5.75 Å². The number of amides is 2. The maximum absolute atomic E-state index is 13.5. The van der Waals surface area contributed by atoms with Gasteiger partial charge in [0.15, 0.2) is 6.10 Å². The van der Waals surface area contributed by atoms with Crippen LogP contribution in [0.4, 0.5) is 11.4 Å². The zero-order chi connectivity index (χ0) is 25.3. The Bertz CT molecular complexity index is 1230. The molecule has 9 nitrogen and oxygen atoms in total. The smallest absolute Gasteiger partial charge is 0.265 e. The number of anilines is 2. The largest absolute Gasteiger partial charge is 0.479 e. The number of hydrogen-bond donors (Lipinski definition) is 2. The molecule has 2 atom stereocenters. The highest BCUT2D eigenvalue weighted by Gasteiger charge is 2.35. The minimum Gasteiger partial charge on any atom is -0.479 e. The van der Waals surface area contributed by atoms with Gasteiger partial charge in [-0.2, -0.15) is 4.31 Å². The number of piperidine rings is 1. The molecule has 0 spiro atoms. The van der Waals surface area contributed by atoms with Gasteiger partial charge in [0.2, 0.25) is 15.9 Å². The van der Waals surface area contributed by atoms with E-state index in [1.807, 2.05) is 43.3 Å². The predicted molar refractivity (Wildman–Crippen MR) is 134 cm³/mol. The number of fused-ring (bicyclic) bond motifs is 1. The molecule has 2 aromatic rings. The molecule has 0 saturated carbocycles. The quantitative estimate of drug-likeness (QED) is 0.631. The molecule has 2 N–H and O–H groups in total. The van der Waals surface area contributed by atoms with Crippen LogP contribution >= 0.6 is 0 Å². The first-order chi connectivity index (χ1) is 16.6. The monoisotopic (exact) mass is 500 g/mol. The predicted octanol–water partition coefficient (Wildman–Crippen LogP) is 2.50. The van der Waals surface area contributed by atoms with Crippen LogP contribution in [0.2, 0.25) is 0 Å². The molecule has 1 fully saturated rings. The number of nitrogens with one attached hydrogen (secondary N) is 2.